The monoisotopic (exact) mass is 463 g/mol. The van der Waals surface area contributed by atoms with Gasteiger partial charge in [0.2, 0.25) is 0 Å². The van der Waals surface area contributed by atoms with E-state index < -0.39 is 0 Å². The number of thiazole rings is 1. The van der Waals surface area contributed by atoms with Gasteiger partial charge in [-0.05, 0) is 37.0 Å². The van der Waals surface area contributed by atoms with Gasteiger partial charge in [-0.3, -0.25) is 0 Å². The minimum absolute atomic E-state index is 0.292. The molecule has 1 aromatic heterocycles. The predicted octanol–water partition coefficient (Wildman–Crippen LogP) is 4.89. The Kier molecular flexibility index (Phi) is 8.75. The van der Waals surface area contributed by atoms with E-state index in [-0.39, 0.29) is 12.1 Å². The van der Waals surface area contributed by atoms with Crippen LogP contribution in [0.25, 0.3) is 6.08 Å². The molecular formula is C22H26ClN3O4S. The second-order valence-electron chi connectivity index (χ2n) is 6.99. The van der Waals surface area contributed by atoms with Crippen LogP contribution in [0.15, 0.2) is 43.1 Å². The number of halogens is 1. The van der Waals surface area contributed by atoms with E-state index in [2.05, 4.69) is 22.2 Å². The van der Waals surface area contributed by atoms with Gasteiger partial charge in [-0.1, -0.05) is 35.1 Å². The summed E-state index contributed by atoms with van der Waals surface area (Å²) in [6.07, 6.45) is 9.47. The molecule has 1 aliphatic carbocycles. The van der Waals surface area contributed by atoms with Crippen molar-refractivity contribution in [2.45, 2.75) is 18.9 Å². The zero-order chi connectivity index (χ0) is 22.1. The topological polar surface area (TPSA) is 81.7 Å². The highest BCUT2D eigenvalue weighted by Gasteiger charge is 2.22. The molecule has 0 radical (unpaired) electrons. The summed E-state index contributed by atoms with van der Waals surface area (Å²) in [6, 6.07) is 4.76. The molecule has 1 aromatic carbocycles. The van der Waals surface area contributed by atoms with Crippen LogP contribution < -0.4 is 20.1 Å². The molecule has 9 heteroatoms. The largest absolute Gasteiger partial charge is 0.493 e. The third kappa shape index (κ3) is 7.90. The molecule has 2 amide bonds. The van der Waals surface area contributed by atoms with Crippen molar-refractivity contribution in [2.75, 3.05) is 26.9 Å². The first kappa shape index (κ1) is 23.1. The average molecular weight is 464 g/mol. The van der Waals surface area contributed by atoms with Crippen molar-refractivity contribution in [3.05, 3.63) is 53.0 Å². The number of amides is 2. The SMILES string of the molecule is C=C[C@@H](/C=C/c1cnc(Oc2ccc(OCC3CC3)cc2Cl)s1)NC(=O)NCCOC. The van der Waals surface area contributed by atoms with Crippen LogP contribution in [0.5, 0.6) is 16.7 Å². The number of benzene rings is 1. The number of carbonyl (C=O) groups is 1. The van der Waals surface area contributed by atoms with Gasteiger partial charge in [-0.15, -0.1) is 6.58 Å². The number of rotatable bonds is 12. The molecule has 31 heavy (non-hydrogen) atoms. The second-order valence-corrected chi connectivity index (χ2v) is 8.42. The number of nitrogens with one attached hydrogen (secondary N) is 2. The summed E-state index contributed by atoms with van der Waals surface area (Å²) in [5.41, 5.74) is 0. The number of nitrogens with zero attached hydrogens (tertiary/aromatic N) is 1. The molecule has 0 spiro atoms. The summed E-state index contributed by atoms with van der Waals surface area (Å²) in [4.78, 5) is 17.0. The highest BCUT2D eigenvalue weighted by atomic mass is 35.5. The zero-order valence-electron chi connectivity index (χ0n) is 17.3. The minimum Gasteiger partial charge on any atom is -0.493 e. The van der Waals surface area contributed by atoms with Crippen LogP contribution in [-0.2, 0) is 4.74 Å². The van der Waals surface area contributed by atoms with Gasteiger partial charge in [0.05, 0.1) is 29.2 Å². The fourth-order valence-corrected chi connectivity index (χ4v) is 3.39. The molecule has 3 rings (SSSR count). The van der Waals surface area contributed by atoms with Crippen LogP contribution in [0.4, 0.5) is 4.79 Å². The first-order valence-corrected chi connectivity index (χ1v) is 11.2. The molecule has 1 aliphatic rings. The zero-order valence-corrected chi connectivity index (χ0v) is 18.9. The van der Waals surface area contributed by atoms with Crippen molar-refractivity contribution < 1.29 is 19.0 Å². The lowest BCUT2D eigenvalue weighted by molar-refractivity contribution is 0.195. The molecule has 2 aromatic rings. The highest BCUT2D eigenvalue weighted by Crippen LogP contribution is 2.35. The second kappa shape index (κ2) is 11.7. The third-order valence-corrected chi connectivity index (χ3v) is 5.53. The Morgan fingerprint density at radius 3 is 3.00 bits per heavy atom. The van der Waals surface area contributed by atoms with Crippen LogP contribution in [0.1, 0.15) is 17.7 Å². The van der Waals surface area contributed by atoms with E-state index in [1.165, 1.54) is 24.2 Å². The van der Waals surface area contributed by atoms with Crippen molar-refractivity contribution in [3.8, 4) is 16.7 Å². The van der Waals surface area contributed by atoms with Gasteiger partial charge in [0.1, 0.15) is 11.5 Å². The normalized spacial score (nSPS) is 14.3. The van der Waals surface area contributed by atoms with Crippen LogP contribution in [0, 0.1) is 5.92 Å². The lowest BCUT2D eigenvalue weighted by atomic mass is 10.2. The van der Waals surface area contributed by atoms with Gasteiger partial charge in [-0.25, -0.2) is 9.78 Å². The number of methoxy groups -OCH3 is 1. The fraction of sp³-hybridized carbons (Fsp3) is 0.364. The molecule has 2 N–H and O–H groups in total. The Bertz CT molecular complexity index is 914. The van der Waals surface area contributed by atoms with E-state index in [1.54, 1.807) is 31.5 Å². The lowest BCUT2D eigenvalue weighted by Crippen LogP contribution is -2.41. The fourth-order valence-electron chi connectivity index (χ4n) is 2.49. The Morgan fingerprint density at radius 2 is 2.29 bits per heavy atom. The summed E-state index contributed by atoms with van der Waals surface area (Å²) in [6.45, 7) is 5.36. The Labute approximate surface area is 191 Å². The van der Waals surface area contributed by atoms with E-state index in [4.69, 9.17) is 25.8 Å². The van der Waals surface area contributed by atoms with Crippen LogP contribution in [0.2, 0.25) is 5.02 Å². The number of hydrogen-bond donors (Lipinski definition) is 2. The van der Waals surface area contributed by atoms with Crippen LogP contribution in [-0.4, -0.2) is 43.9 Å². The summed E-state index contributed by atoms with van der Waals surface area (Å²) >= 11 is 7.69. The van der Waals surface area contributed by atoms with Crippen molar-refractivity contribution in [2.24, 2.45) is 5.92 Å². The molecule has 0 unspecified atom stereocenters. The predicted molar refractivity (Wildman–Crippen MR) is 123 cm³/mol. The number of urea groups is 1. The van der Waals surface area contributed by atoms with Gasteiger partial charge < -0.3 is 24.8 Å². The first-order chi connectivity index (χ1) is 15.1. The summed E-state index contributed by atoms with van der Waals surface area (Å²) in [5.74, 6) is 1.93. The lowest BCUT2D eigenvalue weighted by Gasteiger charge is -2.11. The molecular weight excluding hydrogens is 438 g/mol. The highest BCUT2D eigenvalue weighted by molar-refractivity contribution is 7.14. The van der Waals surface area contributed by atoms with Crippen molar-refractivity contribution >= 4 is 35.0 Å². The first-order valence-electron chi connectivity index (χ1n) is 9.97. The molecule has 166 valence electrons. The standard InChI is InChI=1S/C22H26ClN3O4S/c1-3-16(26-21(27)24-10-11-28-2)6-8-18-13-25-22(31-18)30-20-9-7-17(12-19(20)23)29-14-15-4-5-15/h3,6-9,12-13,15-16H,1,4-5,10-11,14H2,2H3,(H2,24,26,27)/b8-6+/t16-/m0/s1. The summed E-state index contributed by atoms with van der Waals surface area (Å²) in [5, 5.41) is 6.42. The number of ether oxygens (including phenoxy) is 3. The van der Waals surface area contributed by atoms with E-state index in [0.29, 0.717) is 35.0 Å². The van der Waals surface area contributed by atoms with Crippen LogP contribution >= 0.6 is 22.9 Å². The van der Waals surface area contributed by atoms with Gasteiger partial charge >= 0.3 is 6.03 Å². The molecule has 0 saturated heterocycles. The molecule has 1 saturated carbocycles. The van der Waals surface area contributed by atoms with Gasteiger partial charge in [-0.2, -0.15) is 0 Å². The molecule has 1 atom stereocenters. The Hall–Kier alpha value is -2.55. The minimum atomic E-state index is -0.327. The van der Waals surface area contributed by atoms with Crippen molar-refractivity contribution in [1.29, 1.82) is 0 Å². The van der Waals surface area contributed by atoms with Crippen molar-refractivity contribution in [1.82, 2.24) is 15.6 Å². The maximum Gasteiger partial charge on any atom is 0.315 e. The van der Waals surface area contributed by atoms with E-state index >= 15 is 0 Å². The molecule has 0 aliphatic heterocycles. The number of carbonyl (C=O) groups excluding carboxylic acids is 1. The molecule has 1 fully saturated rings. The van der Waals surface area contributed by atoms with Gasteiger partial charge in [0, 0.05) is 25.9 Å². The molecule has 1 heterocycles. The van der Waals surface area contributed by atoms with E-state index in [0.717, 1.165) is 17.2 Å². The van der Waals surface area contributed by atoms with E-state index in [9.17, 15) is 4.79 Å². The van der Waals surface area contributed by atoms with Crippen LogP contribution in [0.3, 0.4) is 0 Å². The molecule has 7 nitrogen and oxygen atoms in total. The number of aromatic nitrogens is 1. The summed E-state index contributed by atoms with van der Waals surface area (Å²) < 4.78 is 16.4. The van der Waals surface area contributed by atoms with E-state index in [1.807, 2.05) is 18.2 Å². The van der Waals surface area contributed by atoms with Gasteiger partial charge in [0.15, 0.2) is 0 Å². The third-order valence-electron chi connectivity index (χ3n) is 4.40. The summed E-state index contributed by atoms with van der Waals surface area (Å²) in [7, 11) is 1.58. The number of hydrogen-bond acceptors (Lipinski definition) is 6. The molecule has 0 bridgehead atoms. The Balaban J connectivity index is 1.51. The maximum absolute atomic E-state index is 11.8. The smallest absolute Gasteiger partial charge is 0.315 e. The maximum atomic E-state index is 11.8. The Morgan fingerprint density at radius 1 is 1.45 bits per heavy atom. The van der Waals surface area contributed by atoms with Crippen molar-refractivity contribution in [3.63, 3.8) is 0 Å². The van der Waals surface area contributed by atoms with Gasteiger partial charge in [0.25, 0.3) is 5.19 Å². The average Bonchev–Trinajstić information content (AvgIpc) is 3.49. The quantitative estimate of drug-likeness (QED) is 0.346.